The molecule has 0 aliphatic heterocycles. The highest BCUT2D eigenvalue weighted by atomic mass is 32.1. The van der Waals surface area contributed by atoms with E-state index >= 15 is 0 Å². The molecule has 0 bridgehead atoms. The quantitative estimate of drug-likeness (QED) is 0.393. The van der Waals surface area contributed by atoms with Gasteiger partial charge >= 0.3 is 0 Å². The number of nitrogen functional groups attached to an aromatic ring is 1. The number of anilines is 1. The van der Waals surface area contributed by atoms with Crippen LogP contribution in [-0.2, 0) is 0 Å². The summed E-state index contributed by atoms with van der Waals surface area (Å²) in [6.45, 7) is 2.10. The van der Waals surface area contributed by atoms with Crippen molar-refractivity contribution in [1.82, 2.24) is 0 Å². The maximum absolute atomic E-state index is 5.30. The second kappa shape index (κ2) is 4.94. The minimum Gasteiger partial charge on any atom is -0.324 e. The number of thiol groups is 1. The first-order valence-electron chi connectivity index (χ1n) is 4.24. The molecule has 0 radical (unpaired) electrons. The maximum atomic E-state index is 5.30. The van der Waals surface area contributed by atoms with E-state index in [-0.39, 0.29) is 0 Å². The molecule has 0 unspecified atom stereocenters. The first-order chi connectivity index (χ1) is 6.27. The standard InChI is InChI=1S/C10H14N2S/c1-2-3-4-8-7-9(12-11)5-6-10(8)13/h3-7,12-13H,2,11H2,1H3. The van der Waals surface area contributed by atoms with Gasteiger partial charge in [-0.3, -0.25) is 5.84 Å². The number of allylic oxidation sites excluding steroid dienone is 1. The lowest BCUT2D eigenvalue weighted by atomic mass is 10.2. The molecule has 1 aromatic carbocycles. The van der Waals surface area contributed by atoms with Crippen LogP contribution in [0.1, 0.15) is 18.9 Å². The molecule has 0 saturated heterocycles. The van der Waals surface area contributed by atoms with Gasteiger partial charge in [0.2, 0.25) is 0 Å². The van der Waals surface area contributed by atoms with E-state index in [9.17, 15) is 0 Å². The van der Waals surface area contributed by atoms with Gasteiger partial charge in [-0.1, -0.05) is 19.1 Å². The Balaban J connectivity index is 2.97. The van der Waals surface area contributed by atoms with Crippen molar-refractivity contribution in [2.75, 3.05) is 5.43 Å². The zero-order valence-corrected chi connectivity index (χ0v) is 8.51. The van der Waals surface area contributed by atoms with E-state index < -0.39 is 0 Å². The van der Waals surface area contributed by atoms with Crippen LogP contribution in [-0.4, -0.2) is 0 Å². The Morgan fingerprint density at radius 2 is 2.31 bits per heavy atom. The van der Waals surface area contributed by atoms with Crippen LogP contribution in [0.2, 0.25) is 0 Å². The van der Waals surface area contributed by atoms with Gasteiger partial charge in [0.1, 0.15) is 0 Å². The fourth-order valence-electron chi connectivity index (χ4n) is 1.02. The Hall–Kier alpha value is -0.930. The lowest BCUT2D eigenvalue weighted by Gasteiger charge is -2.03. The van der Waals surface area contributed by atoms with Crippen LogP contribution < -0.4 is 11.3 Å². The zero-order valence-electron chi connectivity index (χ0n) is 7.62. The Morgan fingerprint density at radius 1 is 1.54 bits per heavy atom. The highest BCUT2D eigenvalue weighted by Crippen LogP contribution is 2.19. The third-order valence-electron chi connectivity index (χ3n) is 1.73. The predicted octanol–water partition coefficient (Wildman–Crippen LogP) is 2.68. The summed E-state index contributed by atoms with van der Waals surface area (Å²) in [6, 6.07) is 5.79. The van der Waals surface area contributed by atoms with E-state index in [1.54, 1.807) is 0 Å². The summed E-state index contributed by atoms with van der Waals surface area (Å²) in [6.07, 6.45) is 5.16. The highest BCUT2D eigenvalue weighted by Gasteiger charge is 1.95. The van der Waals surface area contributed by atoms with E-state index in [1.165, 1.54) is 0 Å². The molecular weight excluding hydrogens is 180 g/mol. The van der Waals surface area contributed by atoms with Gasteiger partial charge in [-0.2, -0.15) is 0 Å². The minimum absolute atomic E-state index is 0.897. The van der Waals surface area contributed by atoms with Crippen LogP contribution in [0.4, 0.5) is 5.69 Å². The molecule has 3 N–H and O–H groups in total. The first kappa shape index (κ1) is 10.2. The Bertz CT molecular complexity index is 308. The van der Waals surface area contributed by atoms with Gasteiger partial charge in [-0.05, 0) is 30.2 Å². The number of benzene rings is 1. The van der Waals surface area contributed by atoms with Gasteiger partial charge in [-0.15, -0.1) is 12.6 Å². The van der Waals surface area contributed by atoms with Crippen molar-refractivity contribution in [3.8, 4) is 0 Å². The van der Waals surface area contributed by atoms with Gasteiger partial charge in [0, 0.05) is 10.6 Å². The molecule has 0 aliphatic rings. The van der Waals surface area contributed by atoms with E-state index in [4.69, 9.17) is 5.84 Å². The zero-order chi connectivity index (χ0) is 9.68. The van der Waals surface area contributed by atoms with Crippen molar-refractivity contribution < 1.29 is 0 Å². The number of nitrogens with one attached hydrogen (secondary N) is 1. The molecule has 1 rings (SSSR count). The molecule has 0 saturated carbocycles. The van der Waals surface area contributed by atoms with E-state index in [0.717, 1.165) is 22.6 Å². The summed E-state index contributed by atoms with van der Waals surface area (Å²) in [5, 5.41) is 0. The number of rotatable bonds is 3. The fraction of sp³-hybridized carbons (Fsp3) is 0.200. The number of hydrogen-bond donors (Lipinski definition) is 3. The van der Waals surface area contributed by atoms with Crippen molar-refractivity contribution in [1.29, 1.82) is 0 Å². The van der Waals surface area contributed by atoms with Gasteiger partial charge in [0.15, 0.2) is 0 Å². The van der Waals surface area contributed by atoms with Crippen LogP contribution in [0.3, 0.4) is 0 Å². The molecule has 0 atom stereocenters. The second-order valence-corrected chi connectivity index (χ2v) is 3.21. The average Bonchev–Trinajstić information content (AvgIpc) is 2.17. The molecule has 0 fully saturated rings. The number of nitrogens with two attached hydrogens (primary N) is 1. The predicted molar refractivity (Wildman–Crippen MR) is 60.8 cm³/mol. The van der Waals surface area contributed by atoms with Crippen LogP contribution in [0, 0.1) is 0 Å². The van der Waals surface area contributed by atoms with E-state index in [2.05, 4.69) is 31.1 Å². The van der Waals surface area contributed by atoms with Crippen LogP contribution >= 0.6 is 12.6 Å². The number of hydrogen-bond acceptors (Lipinski definition) is 3. The molecule has 0 spiro atoms. The van der Waals surface area contributed by atoms with Gasteiger partial charge in [0.25, 0.3) is 0 Å². The lowest BCUT2D eigenvalue weighted by Crippen LogP contribution is -2.06. The molecular formula is C10H14N2S. The summed E-state index contributed by atoms with van der Waals surface area (Å²) in [7, 11) is 0. The lowest BCUT2D eigenvalue weighted by molar-refractivity contribution is 1.23. The Labute approximate surface area is 84.2 Å². The number of hydrazine groups is 1. The van der Waals surface area contributed by atoms with E-state index in [0.29, 0.717) is 0 Å². The second-order valence-electron chi connectivity index (χ2n) is 2.73. The molecule has 0 aromatic heterocycles. The average molecular weight is 194 g/mol. The Morgan fingerprint density at radius 3 is 2.92 bits per heavy atom. The molecule has 0 aliphatic carbocycles. The van der Waals surface area contributed by atoms with Crippen LogP contribution in [0.25, 0.3) is 6.08 Å². The summed E-state index contributed by atoms with van der Waals surface area (Å²) in [5.74, 6) is 5.30. The SMILES string of the molecule is CCC=Cc1cc(NN)ccc1S. The van der Waals surface area contributed by atoms with E-state index in [1.807, 2.05) is 24.3 Å². The van der Waals surface area contributed by atoms with Gasteiger partial charge in [0.05, 0.1) is 0 Å². The topological polar surface area (TPSA) is 38.0 Å². The molecule has 0 amide bonds. The van der Waals surface area contributed by atoms with Crippen LogP contribution in [0.5, 0.6) is 0 Å². The fourth-order valence-corrected chi connectivity index (χ4v) is 1.24. The summed E-state index contributed by atoms with van der Waals surface area (Å²) in [5.41, 5.74) is 4.58. The third kappa shape index (κ3) is 2.79. The Kier molecular flexibility index (Phi) is 3.86. The van der Waals surface area contributed by atoms with Gasteiger partial charge < -0.3 is 5.43 Å². The normalized spacial score (nSPS) is 10.7. The van der Waals surface area contributed by atoms with Gasteiger partial charge in [-0.25, -0.2) is 0 Å². The maximum Gasteiger partial charge on any atom is 0.0491 e. The molecule has 3 heteroatoms. The molecule has 13 heavy (non-hydrogen) atoms. The monoisotopic (exact) mass is 194 g/mol. The van der Waals surface area contributed by atoms with Crippen LogP contribution in [0.15, 0.2) is 29.2 Å². The molecule has 70 valence electrons. The first-order valence-corrected chi connectivity index (χ1v) is 4.68. The molecule has 0 heterocycles. The summed E-state index contributed by atoms with van der Waals surface area (Å²) < 4.78 is 0. The van der Waals surface area contributed by atoms with Crippen molar-refractivity contribution in [3.05, 3.63) is 29.8 Å². The molecule has 1 aromatic rings. The van der Waals surface area contributed by atoms with Crippen molar-refractivity contribution in [2.45, 2.75) is 18.2 Å². The molecule has 2 nitrogen and oxygen atoms in total. The largest absolute Gasteiger partial charge is 0.324 e. The highest BCUT2D eigenvalue weighted by molar-refractivity contribution is 7.80. The van der Waals surface area contributed by atoms with Crippen molar-refractivity contribution >= 4 is 24.4 Å². The smallest absolute Gasteiger partial charge is 0.0491 e. The summed E-state index contributed by atoms with van der Waals surface area (Å²) >= 11 is 4.34. The van der Waals surface area contributed by atoms with Crippen molar-refractivity contribution in [2.24, 2.45) is 5.84 Å². The van der Waals surface area contributed by atoms with Crippen molar-refractivity contribution in [3.63, 3.8) is 0 Å². The summed E-state index contributed by atoms with van der Waals surface area (Å²) in [4.78, 5) is 0.962. The minimum atomic E-state index is 0.897. The third-order valence-corrected chi connectivity index (χ3v) is 2.13.